The molecule has 16 heavy (non-hydrogen) atoms. The minimum Gasteiger partial charge on any atom is -0.355 e. The van der Waals surface area contributed by atoms with E-state index in [-0.39, 0.29) is 18.3 Å². The highest BCUT2D eigenvalue weighted by atomic mass is 79.9. The number of rotatable bonds is 5. The Morgan fingerprint density at radius 3 is 2.88 bits per heavy atom. The maximum atomic E-state index is 13.4. The van der Waals surface area contributed by atoms with Crippen LogP contribution < -0.4 is 11.1 Å². The molecule has 3 nitrogen and oxygen atoms in total. The molecule has 0 fully saturated rings. The second-order valence-corrected chi connectivity index (χ2v) is 4.31. The number of nitrogens with two attached hydrogens (primary N) is 1. The van der Waals surface area contributed by atoms with Crippen molar-refractivity contribution in [3.63, 3.8) is 0 Å². The molecule has 0 saturated heterocycles. The first kappa shape index (κ1) is 13.1. The van der Waals surface area contributed by atoms with Gasteiger partial charge < -0.3 is 11.1 Å². The minimum atomic E-state index is -0.223. The van der Waals surface area contributed by atoms with E-state index in [1.165, 1.54) is 6.07 Å². The largest absolute Gasteiger partial charge is 0.355 e. The Balaban J connectivity index is 2.35. The van der Waals surface area contributed by atoms with Gasteiger partial charge >= 0.3 is 0 Å². The SMILES string of the molecule is NCC(=O)NCCCc1ccc(Br)cc1F. The van der Waals surface area contributed by atoms with E-state index in [1.54, 1.807) is 12.1 Å². The van der Waals surface area contributed by atoms with Crippen molar-refractivity contribution in [1.29, 1.82) is 0 Å². The molecule has 1 aromatic carbocycles. The number of hydrogen-bond acceptors (Lipinski definition) is 2. The van der Waals surface area contributed by atoms with E-state index in [4.69, 9.17) is 5.73 Å². The van der Waals surface area contributed by atoms with E-state index in [1.807, 2.05) is 0 Å². The van der Waals surface area contributed by atoms with Crippen LogP contribution in [0.25, 0.3) is 0 Å². The summed E-state index contributed by atoms with van der Waals surface area (Å²) in [5.41, 5.74) is 5.79. The van der Waals surface area contributed by atoms with Gasteiger partial charge in [-0.1, -0.05) is 22.0 Å². The Bertz CT molecular complexity index is 371. The molecule has 0 aromatic heterocycles. The van der Waals surface area contributed by atoms with Gasteiger partial charge in [0.2, 0.25) is 5.91 Å². The fourth-order valence-electron chi connectivity index (χ4n) is 1.30. The fourth-order valence-corrected chi connectivity index (χ4v) is 1.64. The Kier molecular flexibility index (Phi) is 5.42. The lowest BCUT2D eigenvalue weighted by Gasteiger charge is -2.05. The Labute approximate surface area is 102 Å². The zero-order valence-electron chi connectivity index (χ0n) is 8.80. The van der Waals surface area contributed by atoms with E-state index >= 15 is 0 Å². The van der Waals surface area contributed by atoms with E-state index in [0.29, 0.717) is 24.9 Å². The molecule has 0 heterocycles. The average molecular weight is 289 g/mol. The highest BCUT2D eigenvalue weighted by molar-refractivity contribution is 9.10. The number of amides is 1. The number of carbonyl (C=O) groups is 1. The van der Waals surface area contributed by atoms with Crippen LogP contribution in [0, 0.1) is 5.82 Å². The zero-order valence-corrected chi connectivity index (χ0v) is 10.4. The van der Waals surface area contributed by atoms with Crippen LogP contribution in [0.15, 0.2) is 22.7 Å². The summed E-state index contributed by atoms with van der Waals surface area (Å²) in [6.07, 6.45) is 1.30. The standard InChI is InChI=1S/C11H14BrFN2O/c12-9-4-3-8(10(13)6-9)2-1-5-15-11(16)7-14/h3-4,6H,1-2,5,7,14H2,(H,15,16). The summed E-state index contributed by atoms with van der Waals surface area (Å²) >= 11 is 3.20. The summed E-state index contributed by atoms with van der Waals surface area (Å²) in [6, 6.07) is 4.98. The van der Waals surface area contributed by atoms with Crippen molar-refractivity contribution in [1.82, 2.24) is 5.32 Å². The number of carbonyl (C=O) groups excluding carboxylic acids is 1. The molecule has 5 heteroatoms. The highest BCUT2D eigenvalue weighted by Gasteiger charge is 2.02. The van der Waals surface area contributed by atoms with Gasteiger partial charge in [-0.25, -0.2) is 4.39 Å². The van der Waals surface area contributed by atoms with Crippen molar-refractivity contribution in [2.24, 2.45) is 5.73 Å². The second-order valence-electron chi connectivity index (χ2n) is 3.39. The van der Waals surface area contributed by atoms with Gasteiger partial charge in [-0.2, -0.15) is 0 Å². The smallest absolute Gasteiger partial charge is 0.233 e. The van der Waals surface area contributed by atoms with Crippen LogP contribution in [0.1, 0.15) is 12.0 Å². The summed E-state index contributed by atoms with van der Waals surface area (Å²) in [4.78, 5) is 10.8. The number of halogens is 2. The molecule has 3 N–H and O–H groups in total. The van der Waals surface area contributed by atoms with Gasteiger partial charge in [0.25, 0.3) is 0 Å². The Morgan fingerprint density at radius 1 is 1.50 bits per heavy atom. The van der Waals surface area contributed by atoms with Crippen molar-refractivity contribution in [3.05, 3.63) is 34.1 Å². The third-order valence-electron chi connectivity index (χ3n) is 2.15. The van der Waals surface area contributed by atoms with Gasteiger partial charge in [0.1, 0.15) is 5.82 Å². The lowest BCUT2D eigenvalue weighted by Crippen LogP contribution is -2.31. The summed E-state index contributed by atoms with van der Waals surface area (Å²) in [7, 11) is 0. The van der Waals surface area contributed by atoms with Gasteiger partial charge in [0.05, 0.1) is 6.54 Å². The van der Waals surface area contributed by atoms with Gasteiger partial charge in [-0.15, -0.1) is 0 Å². The van der Waals surface area contributed by atoms with Crippen LogP contribution in [-0.4, -0.2) is 19.0 Å². The molecular formula is C11H14BrFN2O. The van der Waals surface area contributed by atoms with Crippen molar-refractivity contribution in [2.45, 2.75) is 12.8 Å². The molecule has 0 bridgehead atoms. The molecule has 0 unspecified atom stereocenters. The minimum absolute atomic E-state index is 0.00730. The summed E-state index contributed by atoms with van der Waals surface area (Å²) < 4.78 is 14.1. The van der Waals surface area contributed by atoms with E-state index in [0.717, 1.165) is 4.47 Å². The average Bonchev–Trinajstić information content (AvgIpc) is 2.26. The molecule has 0 aliphatic rings. The molecule has 0 saturated carbocycles. The highest BCUT2D eigenvalue weighted by Crippen LogP contribution is 2.16. The van der Waals surface area contributed by atoms with Gasteiger partial charge in [-0.05, 0) is 30.5 Å². The topological polar surface area (TPSA) is 55.1 Å². The predicted octanol–water partition coefficient (Wildman–Crippen LogP) is 1.60. The summed E-state index contributed by atoms with van der Waals surface area (Å²) in [6.45, 7) is 0.512. The lowest BCUT2D eigenvalue weighted by molar-refractivity contribution is -0.119. The number of hydrogen-bond donors (Lipinski definition) is 2. The van der Waals surface area contributed by atoms with E-state index in [9.17, 15) is 9.18 Å². The maximum absolute atomic E-state index is 13.4. The monoisotopic (exact) mass is 288 g/mol. The van der Waals surface area contributed by atoms with Gasteiger partial charge in [0.15, 0.2) is 0 Å². The number of nitrogens with one attached hydrogen (secondary N) is 1. The van der Waals surface area contributed by atoms with Crippen LogP contribution in [0.3, 0.4) is 0 Å². The number of aryl methyl sites for hydroxylation is 1. The zero-order chi connectivity index (χ0) is 12.0. The van der Waals surface area contributed by atoms with Crippen LogP contribution in [0.5, 0.6) is 0 Å². The molecule has 0 spiro atoms. The fraction of sp³-hybridized carbons (Fsp3) is 0.364. The second kappa shape index (κ2) is 6.60. The van der Waals surface area contributed by atoms with Crippen LogP contribution in [-0.2, 0) is 11.2 Å². The molecule has 1 rings (SSSR count). The lowest BCUT2D eigenvalue weighted by atomic mass is 10.1. The van der Waals surface area contributed by atoms with Crippen molar-refractivity contribution in [2.75, 3.05) is 13.1 Å². The van der Waals surface area contributed by atoms with Crippen molar-refractivity contribution >= 4 is 21.8 Å². The maximum Gasteiger partial charge on any atom is 0.233 e. The quantitative estimate of drug-likeness (QED) is 0.809. The normalized spacial score (nSPS) is 10.2. The molecule has 0 atom stereocenters. The van der Waals surface area contributed by atoms with Crippen molar-refractivity contribution < 1.29 is 9.18 Å². The number of benzene rings is 1. The molecule has 1 aromatic rings. The third-order valence-corrected chi connectivity index (χ3v) is 2.64. The summed E-state index contributed by atoms with van der Waals surface area (Å²) in [5.74, 6) is -0.407. The van der Waals surface area contributed by atoms with E-state index < -0.39 is 0 Å². The third kappa shape index (κ3) is 4.28. The Hall–Kier alpha value is -0.940. The van der Waals surface area contributed by atoms with E-state index in [2.05, 4.69) is 21.2 Å². The molecular weight excluding hydrogens is 275 g/mol. The first-order valence-electron chi connectivity index (χ1n) is 5.04. The molecule has 0 aliphatic heterocycles. The molecule has 1 amide bonds. The van der Waals surface area contributed by atoms with Crippen molar-refractivity contribution in [3.8, 4) is 0 Å². The molecule has 0 aliphatic carbocycles. The first-order valence-corrected chi connectivity index (χ1v) is 5.83. The van der Waals surface area contributed by atoms with Gasteiger partial charge in [0, 0.05) is 11.0 Å². The molecule has 88 valence electrons. The Morgan fingerprint density at radius 2 is 2.25 bits per heavy atom. The summed E-state index contributed by atoms with van der Waals surface area (Å²) in [5, 5.41) is 2.64. The van der Waals surface area contributed by atoms with Gasteiger partial charge in [-0.3, -0.25) is 4.79 Å². The first-order chi connectivity index (χ1) is 7.63. The van der Waals surface area contributed by atoms with Crippen LogP contribution >= 0.6 is 15.9 Å². The van der Waals surface area contributed by atoms with Crippen LogP contribution in [0.2, 0.25) is 0 Å². The molecule has 0 radical (unpaired) electrons. The predicted molar refractivity (Wildman–Crippen MR) is 64.5 cm³/mol. The van der Waals surface area contributed by atoms with Crippen LogP contribution in [0.4, 0.5) is 4.39 Å².